The monoisotopic (exact) mass is 601 g/mol. The second kappa shape index (κ2) is 15.0. The molecular weight excluding hydrogens is 565 g/mol. The van der Waals surface area contributed by atoms with Gasteiger partial charge in [0, 0.05) is 43.1 Å². The number of carbonyl (C=O) groups is 2. The van der Waals surface area contributed by atoms with Crippen molar-refractivity contribution in [3.8, 4) is 0 Å². The third-order valence-electron chi connectivity index (χ3n) is 6.71. The number of nitrogens with one attached hydrogen (secondary N) is 1. The van der Waals surface area contributed by atoms with Crippen LogP contribution in [-0.4, -0.2) is 50.5 Å². The topological polar surface area (TPSA) is 86.8 Å². The third-order valence-corrected chi connectivity index (χ3v) is 8.13. The Hall–Kier alpha value is -3.43. The fourth-order valence-electron chi connectivity index (χ4n) is 4.56. The van der Waals surface area contributed by atoms with E-state index < -0.39 is 21.9 Å². The van der Waals surface area contributed by atoms with Crippen molar-refractivity contribution >= 4 is 39.1 Å². The Morgan fingerprint density at radius 3 is 2.37 bits per heavy atom. The molecule has 0 bridgehead atoms. The summed E-state index contributed by atoms with van der Waals surface area (Å²) in [5.41, 5.74) is 2.31. The van der Waals surface area contributed by atoms with E-state index in [0.29, 0.717) is 17.3 Å². The number of benzene rings is 3. The summed E-state index contributed by atoms with van der Waals surface area (Å²) >= 11 is 6.14. The lowest BCUT2D eigenvalue weighted by Gasteiger charge is -2.32. The molecule has 2 amide bonds. The summed E-state index contributed by atoms with van der Waals surface area (Å²) in [6.07, 6.45) is 2.20. The van der Waals surface area contributed by atoms with Crippen LogP contribution in [0.4, 0.5) is 10.1 Å². The number of amides is 2. The molecule has 0 unspecified atom stereocenters. The van der Waals surface area contributed by atoms with Gasteiger partial charge in [-0.15, -0.1) is 0 Å². The zero-order valence-corrected chi connectivity index (χ0v) is 25.2. The molecule has 0 aliphatic rings. The molecule has 3 rings (SSSR count). The van der Waals surface area contributed by atoms with E-state index in [1.165, 1.54) is 15.3 Å². The smallest absolute Gasteiger partial charge is 0.243 e. The van der Waals surface area contributed by atoms with Crippen molar-refractivity contribution in [2.45, 2.75) is 52.1 Å². The molecule has 0 radical (unpaired) electrons. The van der Waals surface area contributed by atoms with Gasteiger partial charge in [0.05, 0.1) is 11.9 Å². The van der Waals surface area contributed by atoms with Crippen molar-refractivity contribution in [1.29, 1.82) is 0 Å². The Labute approximate surface area is 247 Å². The molecule has 0 saturated heterocycles. The van der Waals surface area contributed by atoms with Crippen LogP contribution in [-0.2, 0) is 32.6 Å². The lowest BCUT2D eigenvalue weighted by Crippen LogP contribution is -2.50. The largest absolute Gasteiger partial charge is 0.354 e. The van der Waals surface area contributed by atoms with Gasteiger partial charge in [-0.25, -0.2) is 12.8 Å². The molecule has 3 aromatic carbocycles. The van der Waals surface area contributed by atoms with E-state index in [4.69, 9.17) is 11.6 Å². The van der Waals surface area contributed by atoms with Gasteiger partial charge in [-0.3, -0.25) is 13.9 Å². The van der Waals surface area contributed by atoms with Crippen LogP contribution in [0, 0.1) is 12.7 Å². The van der Waals surface area contributed by atoms with Gasteiger partial charge in [0.2, 0.25) is 21.8 Å². The second-order valence-corrected chi connectivity index (χ2v) is 12.3. The van der Waals surface area contributed by atoms with Gasteiger partial charge in [0.25, 0.3) is 0 Å². The van der Waals surface area contributed by atoms with E-state index in [2.05, 4.69) is 5.32 Å². The van der Waals surface area contributed by atoms with E-state index >= 15 is 0 Å². The minimum atomic E-state index is -3.67. The van der Waals surface area contributed by atoms with Crippen molar-refractivity contribution in [2.24, 2.45) is 0 Å². The van der Waals surface area contributed by atoms with Crippen molar-refractivity contribution in [1.82, 2.24) is 10.2 Å². The Morgan fingerprint density at radius 1 is 1.02 bits per heavy atom. The summed E-state index contributed by atoms with van der Waals surface area (Å²) in [6.45, 7) is 4.09. The standard InChI is InChI=1S/C31H37ClFN3O4S/c1-4-18-34-31(38)29(20-24-11-6-5-7-12-24)35(22-25-13-8-9-14-27(25)33)30(37)15-10-19-36(41(3,39)40)28-21-26(32)17-16-23(28)2/h5-9,11-14,16-17,21,29H,4,10,15,18-20,22H2,1-3H3,(H,34,38)/t29-/m0/s1. The summed E-state index contributed by atoms with van der Waals surface area (Å²) in [4.78, 5) is 28.6. The highest BCUT2D eigenvalue weighted by molar-refractivity contribution is 7.92. The first kappa shape index (κ1) is 32.1. The number of nitrogens with zero attached hydrogens (tertiary/aromatic N) is 2. The minimum absolute atomic E-state index is 0.0324. The summed E-state index contributed by atoms with van der Waals surface area (Å²) in [5.74, 6) is -1.18. The molecule has 0 heterocycles. The summed E-state index contributed by atoms with van der Waals surface area (Å²) in [7, 11) is -3.67. The fraction of sp³-hybridized carbons (Fsp3) is 0.355. The van der Waals surface area contributed by atoms with Crippen LogP contribution in [0.25, 0.3) is 0 Å². The maximum atomic E-state index is 14.7. The summed E-state index contributed by atoms with van der Waals surface area (Å²) < 4.78 is 41.3. The zero-order valence-electron chi connectivity index (χ0n) is 23.6. The maximum Gasteiger partial charge on any atom is 0.243 e. The number of carbonyl (C=O) groups excluding carboxylic acids is 2. The first-order valence-electron chi connectivity index (χ1n) is 13.6. The van der Waals surface area contributed by atoms with Crippen LogP contribution in [0.15, 0.2) is 72.8 Å². The van der Waals surface area contributed by atoms with Gasteiger partial charge in [-0.2, -0.15) is 0 Å². The van der Waals surface area contributed by atoms with Crippen LogP contribution in [0.3, 0.4) is 0 Å². The Morgan fingerprint density at radius 2 is 1.71 bits per heavy atom. The number of rotatable bonds is 14. The predicted molar refractivity (Wildman–Crippen MR) is 162 cm³/mol. The zero-order chi connectivity index (χ0) is 30.0. The van der Waals surface area contributed by atoms with E-state index in [9.17, 15) is 22.4 Å². The summed E-state index contributed by atoms with van der Waals surface area (Å²) in [5, 5.41) is 3.29. The molecular formula is C31H37ClFN3O4S. The average Bonchev–Trinajstić information content (AvgIpc) is 2.94. The lowest BCUT2D eigenvalue weighted by atomic mass is 10.0. The van der Waals surface area contributed by atoms with Crippen molar-refractivity contribution in [3.63, 3.8) is 0 Å². The number of sulfonamides is 1. The molecule has 0 fully saturated rings. The van der Waals surface area contributed by atoms with Crippen LogP contribution in [0.2, 0.25) is 5.02 Å². The Balaban J connectivity index is 1.90. The molecule has 0 aromatic heterocycles. The van der Waals surface area contributed by atoms with Crippen LogP contribution < -0.4 is 9.62 Å². The quantitative estimate of drug-likeness (QED) is 0.264. The van der Waals surface area contributed by atoms with Crippen molar-refractivity contribution in [2.75, 3.05) is 23.7 Å². The first-order valence-corrected chi connectivity index (χ1v) is 15.8. The molecule has 10 heteroatoms. The van der Waals surface area contributed by atoms with Gasteiger partial charge in [-0.1, -0.05) is 73.1 Å². The first-order chi connectivity index (χ1) is 19.5. The molecule has 3 aromatic rings. The van der Waals surface area contributed by atoms with E-state index in [1.54, 1.807) is 43.3 Å². The van der Waals surface area contributed by atoms with Gasteiger partial charge in [0.1, 0.15) is 11.9 Å². The van der Waals surface area contributed by atoms with Gasteiger partial charge in [-0.05, 0) is 49.1 Å². The van der Waals surface area contributed by atoms with E-state index in [1.807, 2.05) is 37.3 Å². The molecule has 1 atom stereocenters. The number of aryl methyl sites for hydroxylation is 1. The maximum absolute atomic E-state index is 14.7. The molecule has 1 N–H and O–H groups in total. The molecule has 0 spiro atoms. The van der Waals surface area contributed by atoms with Gasteiger partial charge < -0.3 is 10.2 Å². The van der Waals surface area contributed by atoms with E-state index in [-0.39, 0.29) is 49.7 Å². The number of anilines is 1. The highest BCUT2D eigenvalue weighted by Gasteiger charge is 2.31. The predicted octanol–water partition coefficient (Wildman–Crippen LogP) is 5.50. The molecule has 0 aliphatic carbocycles. The molecule has 0 saturated carbocycles. The molecule has 0 aliphatic heterocycles. The third kappa shape index (κ3) is 9.30. The van der Waals surface area contributed by atoms with Crippen molar-refractivity contribution < 1.29 is 22.4 Å². The molecule has 41 heavy (non-hydrogen) atoms. The number of halogens is 2. The molecule has 7 nitrogen and oxygen atoms in total. The second-order valence-electron chi connectivity index (χ2n) is 9.98. The SMILES string of the molecule is CCCNC(=O)[C@H](Cc1ccccc1)N(Cc1ccccc1F)C(=O)CCCN(c1cc(Cl)ccc1C)S(C)(=O)=O. The Kier molecular flexibility index (Phi) is 11.7. The average molecular weight is 602 g/mol. The highest BCUT2D eigenvalue weighted by Crippen LogP contribution is 2.27. The normalized spacial score (nSPS) is 12.0. The minimum Gasteiger partial charge on any atom is -0.354 e. The highest BCUT2D eigenvalue weighted by atomic mass is 35.5. The lowest BCUT2D eigenvalue weighted by molar-refractivity contribution is -0.141. The van der Waals surface area contributed by atoms with Crippen LogP contribution in [0.5, 0.6) is 0 Å². The number of hydrogen-bond donors (Lipinski definition) is 1. The van der Waals surface area contributed by atoms with Crippen LogP contribution >= 0.6 is 11.6 Å². The summed E-state index contributed by atoms with van der Waals surface area (Å²) in [6, 6.07) is 19.6. The Bertz CT molecular complexity index is 1440. The van der Waals surface area contributed by atoms with E-state index in [0.717, 1.165) is 23.8 Å². The fourth-order valence-corrected chi connectivity index (χ4v) is 5.74. The van der Waals surface area contributed by atoms with Gasteiger partial charge in [0.15, 0.2) is 0 Å². The number of hydrogen-bond acceptors (Lipinski definition) is 4. The van der Waals surface area contributed by atoms with Crippen molar-refractivity contribution in [3.05, 3.63) is 100 Å². The van der Waals surface area contributed by atoms with Crippen LogP contribution in [0.1, 0.15) is 42.9 Å². The molecule has 220 valence electrons. The van der Waals surface area contributed by atoms with Gasteiger partial charge >= 0.3 is 0 Å².